The Balaban J connectivity index is 1.80. The highest BCUT2D eigenvalue weighted by atomic mass is 35.5. The number of carbonyl (C=O) groups is 1. The molecule has 1 amide bonds. The molecule has 5 heteroatoms. The summed E-state index contributed by atoms with van der Waals surface area (Å²) >= 11 is 6.15. The summed E-state index contributed by atoms with van der Waals surface area (Å²) in [6.07, 6.45) is 1.12. The number of benzene rings is 2. The molecular weight excluding hydrogens is 314 g/mol. The van der Waals surface area contributed by atoms with Gasteiger partial charge < -0.3 is 14.8 Å². The van der Waals surface area contributed by atoms with Gasteiger partial charge in [0, 0.05) is 18.0 Å². The van der Waals surface area contributed by atoms with Crippen molar-refractivity contribution in [1.29, 1.82) is 0 Å². The minimum absolute atomic E-state index is 0.00676. The highest BCUT2D eigenvalue weighted by Gasteiger charge is 2.06. The van der Waals surface area contributed by atoms with Gasteiger partial charge in [0.05, 0.1) is 14.2 Å². The molecule has 0 fully saturated rings. The van der Waals surface area contributed by atoms with Crippen LogP contribution in [0.15, 0.2) is 42.5 Å². The Kier molecular flexibility index (Phi) is 6.29. The minimum Gasteiger partial charge on any atom is -0.497 e. The van der Waals surface area contributed by atoms with Crippen LogP contribution >= 0.6 is 11.6 Å². The Labute approximate surface area is 141 Å². The molecule has 0 radical (unpaired) electrons. The first-order valence-electron chi connectivity index (χ1n) is 7.34. The maximum absolute atomic E-state index is 11.9. The maximum Gasteiger partial charge on any atom is 0.220 e. The molecule has 0 spiro atoms. The van der Waals surface area contributed by atoms with E-state index in [0.29, 0.717) is 30.2 Å². The molecule has 0 aromatic heterocycles. The molecule has 0 aliphatic rings. The lowest BCUT2D eigenvalue weighted by atomic mass is 10.1. The molecule has 4 nitrogen and oxygen atoms in total. The fraction of sp³-hybridized carbons (Fsp3) is 0.278. The van der Waals surface area contributed by atoms with Crippen molar-refractivity contribution in [3.63, 3.8) is 0 Å². The molecular formula is C18H20ClNO3. The predicted octanol–water partition coefficient (Wildman–Crippen LogP) is 3.61. The van der Waals surface area contributed by atoms with Crippen molar-refractivity contribution in [2.45, 2.75) is 19.4 Å². The topological polar surface area (TPSA) is 47.6 Å². The fourth-order valence-corrected chi connectivity index (χ4v) is 2.37. The molecule has 0 bridgehead atoms. The largest absolute Gasteiger partial charge is 0.497 e. The molecule has 0 aliphatic carbocycles. The molecule has 2 aromatic carbocycles. The fourth-order valence-electron chi connectivity index (χ4n) is 2.13. The van der Waals surface area contributed by atoms with E-state index in [9.17, 15) is 4.79 Å². The molecule has 0 aliphatic heterocycles. The maximum atomic E-state index is 11.9. The van der Waals surface area contributed by atoms with Gasteiger partial charge in [0.15, 0.2) is 0 Å². The summed E-state index contributed by atoms with van der Waals surface area (Å²) in [7, 11) is 3.22. The van der Waals surface area contributed by atoms with Crippen LogP contribution in [0.2, 0.25) is 5.02 Å². The Bertz CT molecular complexity index is 656. The van der Waals surface area contributed by atoms with Crippen LogP contribution in [0.4, 0.5) is 0 Å². The van der Waals surface area contributed by atoms with Gasteiger partial charge in [-0.3, -0.25) is 4.79 Å². The molecule has 0 atom stereocenters. The lowest BCUT2D eigenvalue weighted by molar-refractivity contribution is -0.121. The van der Waals surface area contributed by atoms with E-state index in [4.69, 9.17) is 21.1 Å². The van der Waals surface area contributed by atoms with Crippen molar-refractivity contribution >= 4 is 17.5 Å². The summed E-state index contributed by atoms with van der Waals surface area (Å²) in [5.74, 6) is 1.50. The van der Waals surface area contributed by atoms with Gasteiger partial charge in [-0.15, -0.1) is 0 Å². The number of rotatable bonds is 7. The van der Waals surface area contributed by atoms with Gasteiger partial charge >= 0.3 is 0 Å². The number of carbonyl (C=O) groups excluding carboxylic acids is 1. The predicted molar refractivity (Wildman–Crippen MR) is 91.2 cm³/mol. The zero-order valence-electron chi connectivity index (χ0n) is 13.3. The summed E-state index contributed by atoms with van der Waals surface area (Å²) in [6.45, 7) is 0.407. The molecule has 2 rings (SSSR count). The number of amides is 1. The van der Waals surface area contributed by atoms with Crippen LogP contribution in [0.1, 0.15) is 17.5 Å². The van der Waals surface area contributed by atoms with E-state index in [1.54, 1.807) is 20.3 Å². The summed E-state index contributed by atoms with van der Waals surface area (Å²) < 4.78 is 10.2. The van der Waals surface area contributed by atoms with Crippen LogP contribution in [-0.4, -0.2) is 20.1 Å². The van der Waals surface area contributed by atoms with Gasteiger partial charge in [0.1, 0.15) is 11.5 Å². The number of halogens is 1. The van der Waals surface area contributed by atoms with Gasteiger partial charge in [0.25, 0.3) is 0 Å². The minimum atomic E-state index is -0.00676. The third-order valence-electron chi connectivity index (χ3n) is 3.54. The summed E-state index contributed by atoms with van der Waals surface area (Å²) in [5.41, 5.74) is 1.97. The first-order valence-corrected chi connectivity index (χ1v) is 7.72. The average Bonchev–Trinajstić information content (AvgIpc) is 2.59. The number of nitrogens with one attached hydrogen (secondary N) is 1. The second-order valence-corrected chi connectivity index (χ2v) is 5.49. The summed E-state index contributed by atoms with van der Waals surface area (Å²) in [6, 6.07) is 13.1. The Hall–Kier alpha value is -2.20. The van der Waals surface area contributed by atoms with Crippen LogP contribution < -0.4 is 14.8 Å². The number of hydrogen-bond acceptors (Lipinski definition) is 3. The van der Waals surface area contributed by atoms with E-state index in [2.05, 4.69) is 5.32 Å². The molecule has 2 aromatic rings. The van der Waals surface area contributed by atoms with Gasteiger partial charge in [-0.25, -0.2) is 0 Å². The zero-order valence-corrected chi connectivity index (χ0v) is 14.0. The second kappa shape index (κ2) is 8.44. The molecule has 1 N–H and O–H groups in total. The van der Waals surface area contributed by atoms with E-state index in [1.165, 1.54) is 0 Å². The normalized spacial score (nSPS) is 10.2. The highest BCUT2D eigenvalue weighted by Crippen LogP contribution is 2.22. The number of hydrogen-bond donors (Lipinski definition) is 1. The van der Waals surface area contributed by atoms with Gasteiger partial charge in [0.2, 0.25) is 5.91 Å². The average molecular weight is 334 g/mol. The Morgan fingerprint density at radius 3 is 2.30 bits per heavy atom. The molecule has 0 unspecified atom stereocenters. The number of aryl methyl sites for hydroxylation is 1. The zero-order chi connectivity index (χ0) is 16.7. The van der Waals surface area contributed by atoms with Crippen molar-refractivity contribution in [3.8, 4) is 11.5 Å². The lowest BCUT2D eigenvalue weighted by Crippen LogP contribution is -2.23. The van der Waals surface area contributed by atoms with Crippen LogP contribution in [0.5, 0.6) is 11.5 Å². The monoisotopic (exact) mass is 333 g/mol. The van der Waals surface area contributed by atoms with E-state index in [-0.39, 0.29) is 5.91 Å². The summed E-state index contributed by atoms with van der Waals surface area (Å²) in [4.78, 5) is 11.9. The van der Waals surface area contributed by atoms with Crippen molar-refractivity contribution in [3.05, 3.63) is 58.6 Å². The molecule has 23 heavy (non-hydrogen) atoms. The highest BCUT2D eigenvalue weighted by molar-refractivity contribution is 6.31. The Morgan fingerprint density at radius 1 is 1.04 bits per heavy atom. The molecule has 0 saturated heterocycles. The smallest absolute Gasteiger partial charge is 0.220 e. The second-order valence-electron chi connectivity index (χ2n) is 5.08. The van der Waals surface area contributed by atoms with E-state index < -0.39 is 0 Å². The van der Waals surface area contributed by atoms with Crippen molar-refractivity contribution in [2.24, 2.45) is 0 Å². The summed E-state index contributed by atoms with van der Waals surface area (Å²) in [5, 5.41) is 3.46. The lowest BCUT2D eigenvalue weighted by Gasteiger charge is -2.09. The Morgan fingerprint density at radius 2 is 1.70 bits per heavy atom. The van der Waals surface area contributed by atoms with Crippen LogP contribution in [0, 0.1) is 0 Å². The third-order valence-corrected chi connectivity index (χ3v) is 3.89. The first kappa shape index (κ1) is 17.2. The van der Waals surface area contributed by atoms with Gasteiger partial charge in [-0.05, 0) is 41.8 Å². The van der Waals surface area contributed by atoms with Crippen molar-refractivity contribution < 1.29 is 14.3 Å². The number of methoxy groups -OCH3 is 2. The van der Waals surface area contributed by atoms with Crippen molar-refractivity contribution in [1.82, 2.24) is 5.32 Å². The SMILES string of the molecule is COc1ccc(CCC(=O)NCc2ccc(OC)cc2Cl)cc1. The van der Waals surface area contributed by atoms with Gasteiger partial charge in [-0.1, -0.05) is 29.8 Å². The molecule has 0 saturated carbocycles. The van der Waals surface area contributed by atoms with Gasteiger partial charge in [-0.2, -0.15) is 0 Å². The molecule has 122 valence electrons. The van der Waals surface area contributed by atoms with E-state index in [1.807, 2.05) is 36.4 Å². The molecule has 0 heterocycles. The van der Waals surface area contributed by atoms with E-state index in [0.717, 1.165) is 16.9 Å². The van der Waals surface area contributed by atoms with Crippen LogP contribution in [0.25, 0.3) is 0 Å². The third kappa shape index (κ3) is 5.18. The number of ether oxygens (including phenoxy) is 2. The quantitative estimate of drug-likeness (QED) is 0.842. The van der Waals surface area contributed by atoms with Crippen molar-refractivity contribution in [2.75, 3.05) is 14.2 Å². The first-order chi connectivity index (χ1) is 11.1. The van der Waals surface area contributed by atoms with E-state index >= 15 is 0 Å². The van der Waals surface area contributed by atoms with Crippen LogP contribution in [-0.2, 0) is 17.8 Å². The standard InChI is InChI=1S/C18H20ClNO3/c1-22-15-7-3-13(4-8-15)5-10-18(21)20-12-14-6-9-16(23-2)11-17(14)19/h3-4,6-9,11H,5,10,12H2,1-2H3,(H,20,21). The van der Waals surface area contributed by atoms with Crippen LogP contribution in [0.3, 0.4) is 0 Å².